The normalized spacial score (nSPS) is 13.8. The molecule has 0 saturated carbocycles. The van der Waals surface area contributed by atoms with Crippen molar-refractivity contribution in [1.82, 2.24) is 20.1 Å². The summed E-state index contributed by atoms with van der Waals surface area (Å²) in [5, 5.41) is 11.0. The summed E-state index contributed by atoms with van der Waals surface area (Å²) < 4.78 is 2.96. The van der Waals surface area contributed by atoms with Gasteiger partial charge in [-0.15, -0.1) is 0 Å². The van der Waals surface area contributed by atoms with Crippen LogP contribution >= 0.6 is 11.3 Å². The molecule has 126 valence electrons. The molecule has 3 rings (SSSR count). The highest BCUT2D eigenvalue weighted by Gasteiger charge is 2.15. The lowest BCUT2D eigenvalue weighted by atomic mass is 10.2. The minimum absolute atomic E-state index is 0.0923. The number of nitrogens with one attached hydrogen (secondary N) is 2. The van der Waals surface area contributed by atoms with Gasteiger partial charge < -0.3 is 10.6 Å². The zero-order valence-electron chi connectivity index (χ0n) is 14.0. The second-order valence-electron chi connectivity index (χ2n) is 5.93. The molecule has 2 N–H and O–H groups in total. The number of thiazole rings is 1. The van der Waals surface area contributed by atoms with E-state index >= 15 is 0 Å². The molecule has 2 heterocycles. The monoisotopic (exact) mass is 343 g/mol. The third kappa shape index (κ3) is 3.80. The van der Waals surface area contributed by atoms with E-state index in [1.807, 2.05) is 42.9 Å². The van der Waals surface area contributed by atoms with Gasteiger partial charge in [0.05, 0.1) is 22.8 Å². The zero-order valence-corrected chi connectivity index (χ0v) is 14.8. The van der Waals surface area contributed by atoms with Gasteiger partial charge >= 0.3 is 0 Å². The number of amides is 1. The molecule has 0 aliphatic rings. The van der Waals surface area contributed by atoms with Gasteiger partial charge in [-0.25, -0.2) is 4.98 Å². The van der Waals surface area contributed by atoms with Crippen LogP contribution in [0.3, 0.4) is 0 Å². The molecule has 0 spiro atoms. The molecule has 24 heavy (non-hydrogen) atoms. The molecule has 6 nitrogen and oxygen atoms in total. The van der Waals surface area contributed by atoms with Gasteiger partial charge in [-0.1, -0.05) is 17.4 Å². The van der Waals surface area contributed by atoms with Crippen LogP contribution in [0, 0.1) is 6.92 Å². The highest BCUT2D eigenvalue weighted by Crippen LogP contribution is 2.26. The Morgan fingerprint density at radius 3 is 2.96 bits per heavy atom. The maximum absolute atomic E-state index is 12.1. The van der Waals surface area contributed by atoms with Gasteiger partial charge in [-0.3, -0.25) is 9.48 Å². The van der Waals surface area contributed by atoms with E-state index in [4.69, 9.17) is 0 Å². The molecule has 1 aromatic carbocycles. The zero-order chi connectivity index (χ0) is 17.1. The predicted molar refractivity (Wildman–Crippen MR) is 97.4 cm³/mol. The predicted octanol–water partition coefficient (Wildman–Crippen LogP) is 2.98. The van der Waals surface area contributed by atoms with Crippen LogP contribution in [0.4, 0.5) is 5.13 Å². The van der Waals surface area contributed by atoms with Gasteiger partial charge in [0.25, 0.3) is 0 Å². The SMILES string of the molecule is Cc1ccc2nc(NC(=O)CN[C@H](C)[C@@H](C)n3cccn3)sc2c1. The molecule has 2 atom stereocenters. The fourth-order valence-corrected chi connectivity index (χ4v) is 3.40. The van der Waals surface area contributed by atoms with Crippen LogP contribution < -0.4 is 10.6 Å². The molecule has 0 saturated heterocycles. The number of hydrogen-bond acceptors (Lipinski definition) is 5. The van der Waals surface area contributed by atoms with E-state index in [-0.39, 0.29) is 24.5 Å². The summed E-state index contributed by atoms with van der Waals surface area (Å²) in [4.78, 5) is 16.6. The second kappa shape index (κ2) is 7.11. The Hall–Kier alpha value is -2.25. The number of aromatic nitrogens is 3. The number of carbonyl (C=O) groups excluding carboxylic acids is 1. The Bertz CT molecular complexity index is 827. The van der Waals surface area contributed by atoms with E-state index in [0.717, 1.165) is 10.2 Å². The minimum atomic E-state index is -0.0923. The van der Waals surface area contributed by atoms with Crippen molar-refractivity contribution < 1.29 is 4.79 Å². The first kappa shape index (κ1) is 16.6. The number of benzene rings is 1. The third-order valence-corrected chi connectivity index (χ3v) is 4.97. The van der Waals surface area contributed by atoms with Crippen LogP contribution in [-0.4, -0.2) is 33.3 Å². The van der Waals surface area contributed by atoms with Gasteiger partial charge in [0, 0.05) is 18.4 Å². The lowest BCUT2D eigenvalue weighted by Crippen LogP contribution is -2.39. The van der Waals surface area contributed by atoms with Crippen LogP contribution in [0.1, 0.15) is 25.5 Å². The van der Waals surface area contributed by atoms with Crippen molar-refractivity contribution in [3.8, 4) is 0 Å². The molecule has 0 radical (unpaired) electrons. The molecule has 0 fully saturated rings. The van der Waals surface area contributed by atoms with Crippen LogP contribution in [0.15, 0.2) is 36.7 Å². The van der Waals surface area contributed by atoms with Crippen LogP contribution in [0.2, 0.25) is 0 Å². The van der Waals surface area contributed by atoms with E-state index in [1.165, 1.54) is 16.9 Å². The van der Waals surface area contributed by atoms with Crippen LogP contribution in [0.5, 0.6) is 0 Å². The van der Waals surface area contributed by atoms with E-state index in [2.05, 4.69) is 33.7 Å². The van der Waals surface area contributed by atoms with Gasteiger partial charge in [0.2, 0.25) is 5.91 Å². The van der Waals surface area contributed by atoms with Gasteiger partial charge in [0.1, 0.15) is 0 Å². The van der Waals surface area contributed by atoms with Crippen LogP contribution in [-0.2, 0) is 4.79 Å². The van der Waals surface area contributed by atoms with E-state index in [9.17, 15) is 4.79 Å². The summed E-state index contributed by atoms with van der Waals surface area (Å²) in [6, 6.07) is 8.25. The quantitative estimate of drug-likeness (QED) is 0.722. The molecule has 0 aliphatic heterocycles. The first-order chi connectivity index (χ1) is 11.5. The van der Waals surface area contributed by atoms with E-state index in [1.54, 1.807) is 6.20 Å². The number of rotatable bonds is 6. The summed E-state index contributed by atoms with van der Waals surface area (Å²) in [5.41, 5.74) is 2.10. The van der Waals surface area contributed by atoms with Gasteiger partial charge in [-0.05, 0) is 44.5 Å². The maximum atomic E-state index is 12.1. The summed E-state index contributed by atoms with van der Waals surface area (Å²) in [6.45, 7) is 6.39. The molecule has 0 aliphatic carbocycles. The number of fused-ring (bicyclic) bond motifs is 1. The number of hydrogen-bond donors (Lipinski definition) is 2. The van der Waals surface area contributed by atoms with Crippen molar-refractivity contribution in [3.63, 3.8) is 0 Å². The van der Waals surface area contributed by atoms with Gasteiger partial charge in [0.15, 0.2) is 5.13 Å². The fourth-order valence-electron chi connectivity index (χ4n) is 2.42. The summed E-state index contributed by atoms with van der Waals surface area (Å²) >= 11 is 1.49. The molecule has 2 aromatic heterocycles. The molecule has 0 unspecified atom stereocenters. The van der Waals surface area contributed by atoms with Crippen LogP contribution in [0.25, 0.3) is 10.2 Å². The lowest BCUT2D eigenvalue weighted by molar-refractivity contribution is -0.115. The van der Waals surface area contributed by atoms with Crippen molar-refractivity contribution in [2.24, 2.45) is 0 Å². The fraction of sp³-hybridized carbons (Fsp3) is 0.353. The molecule has 7 heteroatoms. The highest BCUT2D eigenvalue weighted by molar-refractivity contribution is 7.22. The number of carbonyl (C=O) groups is 1. The molecule has 1 amide bonds. The van der Waals surface area contributed by atoms with Crippen molar-refractivity contribution in [2.45, 2.75) is 32.9 Å². The van der Waals surface area contributed by atoms with E-state index < -0.39 is 0 Å². The first-order valence-electron chi connectivity index (χ1n) is 7.92. The van der Waals surface area contributed by atoms with Gasteiger partial charge in [-0.2, -0.15) is 5.10 Å². The van der Waals surface area contributed by atoms with Crippen molar-refractivity contribution in [1.29, 1.82) is 0 Å². The molecule has 0 bridgehead atoms. The van der Waals surface area contributed by atoms with E-state index in [0.29, 0.717) is 5.13 Å². The van der Waals surface area contributed by atoms with Crippen molar-refractivity contribution in [3.05, 3.63) is 42.2 Å². The minimum Gasteiger partial charge on any atom is -0.304 e. The number of nitrogens with zero attached hydrogens (tertiary/aromatic N) is 3. The Morgan fingerprint density at radius 2 is 2.21 bits per heavy atom. The topological polar surface area (TPSA) is 71.8 Å². The van der Waals surface area contributed by atoms with Crippen molar-refractivity contribution >= 4 is 32.6 Å². The number of anilines is 1. The number of aryl methyl sites for hydroxylation is 1. The average molecular weight is 343 g/mol. The molecule has 3 aromatic rings. The second-order valence-corrected chi connectivity index (χ2v) is 6.97. The van der Waals surface area contributed by atoms with Crippen molar-refractivity contribution in [2.75, 3.05) is 11.9 Å². The lowest BCUT2D eigenvalue weighted by Gasteiger charge is -2.21. The molecular weight excluding hydrogens is 322 g/mol. The average Bonchev–Trinajstić information content (AvgIpc) is 3.20. The first-order valence-corrected chi connectivity index (χ1v) is 8.74. The maximum Gasteiger partial charge on any atom is 0.240 e. The molecular formula is C17H21N5OS. The highest BCUT2D eigenvalue weighted by atomic mass is 32.1. The summed E-state index contributed by atoms with van der Waals surface area (Å²) in [7, 11) is 0. The largest absolute Gasteiger partial charge is 0.304 e. The smallest absolute Gasteiger partial charge is 0.240 e. The summed E-state index contributed by atoms with van der Waals surface area (Å²) in [5.74, 6) is -0.0923. The Morgan fingerprint density at radius 1 is 1.38 bits per heavy atom. The summed E-state index contributed by atoms with van der Waals surface area (Å²) in [6.07, 6.45) is 3.68. The Labute approximate surface area is 144 Å². The standard InChI is InChI=1S/C17H21N5OS/c1-11-5-6-14-15(9-11)24-17(20-14)21-16(23)10-18-12(2)13(3)22-8-4-7-19-22/h4-9,12-13,18H,10H2,1-3H3,(H,20,21,23)/t12-,13-/m1/s1. The Kier molecular flexibility index (Phi) is 4.92. The Balaban J connectivity index is 1.55. The third-order valence-electron chi connectivity index (χ3n) is 4.04.